The molecule has 1 atom stereocenters. The van der Waals surface area contributed by atoms with Crippen LogP contribution in [0.25, 0.3) is 5.57 Å². The third kappa shape index (κ3) is 3.98. The Morgan fingerprint density at radius 2 is 1.82 bits per heavy atom. The molecule has 2 aliphatic rings. The van der Waals surface area contributed by atoms with Crippen LogP contribution < -0.4 is 5.32 Å². The maximum Gasteiger partial charge on any atom is 0.236 e. The first-order valence-corrected chi connectivity index (χ1v) is 9.55. The van der Waals surface area contributed by atoms with Crippen LogP contribution in [0.1, 0.15) is 17.2 Å². The van der Waals surface area contributed by atoms with Crippen LogP contribution in [0.2, 0.25) is 0 Å². The third-order valence-electron chi connectivity index (χ3n) is 5.35. The minimum Gasteiger partial charge on any atom is -0.339 e. The number of nitrogens with zero attached hydrogens (tertiary/aromatic N) is 2. The molecular weight excluding hydrogens is 360 g/mol. The molecule has 28 heavy (non-hydrogen) atoms. The highest BCUT2D eigenvalue weighted by molar-refractivity contribution is 5.80. The molecule has 4 nitrogen and oxygen atoms in total. The summed E-state index contributed by atoms with van der Waals surface area (Å²) in [4.78, 5) is 16.7. The summed E-state index contributed by atoms with van der Waals surface area (Å²) < 4.78 is 28.0. The topological polar surface area (TPSA) is 35.6 Å². The van der Waals surface area contributed by atoms with Gasteiger partial charge >= 0.3 is 0 Å². The van der Waals surface area contributed by atoms with Crippen molar-refractivity contribution in [2.75, 3.05) is 39.3 Å². The molecule has 0 spiro atoms. The fourth-order valence-corrected chi connectivity index (χ4v) is 3.88. The van der Waals surface area contributed by atoms with Gasteiger partial charge in [-0.15, -0.1) is 0 Å². The summed E-state index contributed by atoms with van der Waals surface area (Å²) in [7, 11) is 0. The van der Waals surface area contributed by atoms with Gasteiger partial charge in [0, 0.05) is 38.3 Å². The zero-order valence-corrected chi connectivity index (χ0v) is 15.6. The average Bonchev–Trinajstić information content (AvgIpc) is 3.14. The lowest BCUT2D eigenvalue weighted by Gasteiger charge is -2.31. The second-order valence-corrected chi connectivity index (χ2v) is 7.21. The van der Waals surface area contributed by atoms with Gasteiger partial charge in [-0.05, 0) is 29.3 Å². The lowest BCUT2D eigenvalue weighted by Crippen LogP contribution is -2.49. The monoisotopic (exact) mass is 383 g/mol. The SMILES string of the molecule is O=C(CN1CC(c2cc(F)ccc2F)=C[C@H]1c1ccccc1)N1CCNCC1. The van der Waals surface area contributed by atoms with E-state index in [4.69, 9.17) is 0 Å². The summed E-state index contributed by atoms with van der Waals surface area (Å²) in [5, 5.41) is 3.24. The fraction of sp³-hybridized carbons (Fsp3) is 0.318. The predicted octanol–water partition coefficient (Wildman–Crippen LogP) is 2.84. The summed E-state index contributed by atoms with van der Waals surface area (Å²) in [5.41, 5.74) is 2.00. The Kier molecular flexibility index (Phi) is 5.50. The molecule has 2 heterocycles. The van der Waals surface area contributed by atoms with Gasteiger partial charge in [-0.3, -0.25) is 9.69 Å². The maximum atomic E-state index is 14.3. The van der Waals surface area contributed by atoms with E-state index in [1.165, 1.54) is 6.07 Å². The molecule has 0 radical (unpaired) electrons. The van der Waals surface area contributed by atoms with Gasteiger partial charge in [-0.1, -0.05) is 36.4 Å². The molecule has 1 amide bonds. The number of carbonyl (C=O) groups is 1. The quantitative estimate of drug-likeness (QED) is 0.882. The largest absolute Gasteiger partial charge is 0.339 e. The van der Waals surface area contributed by atoms with Gasteiger partial charge in [0.05, 0.1) is 12.6 Å². The zero-order chi connectivity index (χ0) is 19.5. The first-order valence-electron chi connectivity index (χ1n) is 9.55. The molecule has 1 saturated heterocycles. The van der Waals surface area contributed by atoms with Crippen molar-refractivity contribution in [1.82, 2.24) is 15.1 Å². The molecule has 0 aromatic heterocycles. The van der Waals surface area contributed by atoms with Crippen LogP contribution in [0.4, 0.5) is 8.78 Å². The number of nitrogens with one attached hydrogen (secondary N) is 1. The summed E-state index contributed by atoms with van der Waals surface area (Å²) in [6.07, 6.45) is 1.94. The number of amides is 1. The van der Waals surface area contributed by atoms with E-state index in [-0.39, 0.29) is 24.1 Å². The van der Waals surface area contributed by atoms with Crippen LogP contribution >= 0.6 is 0 Å². The van der Waals surface area contributed by atoms with Gasteiger partial charge < -0.3 is 10.2 Å². The minimum absolute atomic E-state index is 0.0665. The summed E-state index contributed by atoms with van der Waals surface area (Å²) >= 11 is 0. The maximum absolute atomic E-state index is 14.3. The highest BCUT2D eigenvalue weighted by Crippen LogP contribution is 2.35. The van der Waals surface area contributed by atoms with E-state index in [0.29, 0.717) is 25.2 Å². The van der Waals surface area contributed by atoms with Gasteiger partial charge in [-0.2, -0.15) is 0 Å². The van der Waals surface area contributed by atoms with E-state index in [2.05, 4.69) is 5.32 Å². The Balaban J connectivity index is 1.60. The Bertz CT molecular complexity index is 879. The number of benzene rings is 2. The molecular formula is C22H23F2N3O. The molecule has 2 aromatic carbocycles. The fourth-order valence-electron chi connectivity index (χ4n) is 3.88. The molecule has 1 N–H and O–H groups in total. The second kappa shape index (κ2) is 8.20. The van der Waals surface area contributed by atoms with Crippen molar-refractivity contribution < 1.29 is 13.6 Å². The highest BCUT2D eigenvalue weighted by Gasteiger charge is 2.31. The van der Waals surface area contributed by atoms with Gasteiger partial charge in [0.1, 0.15) is 11.6 Å². The Hall–Kier alpha value is -2.57. The van der Waals surface area contributed by atoms with Gasteiger partial charge in [0.15, 0.2) is 0 Å². The lowest BCUT2D eigenvalue weighted by atomic mass is 10.0. The molecule has 0 bridgehead atoms. The summed E-state index contributed by atoms with van der Waals surface area (Å²) in [6, 6.07) is 13.2. The van der Waals surface area contributed by atoms with Crippen LogP contribution in [0.15, 0.2) is 54.6 Å². The van der Waals surface area contributed by atoms with Crippen LogP contribution in [0, 0.1) is 11.6 Å². The van der Waals surface area contributed by atoms with Crippen molar-refractivity contribution in [1.29, 1.82) is 0 Å². The van der Waals surface area contributed by atoms with E-state index in [9.17, 15) is 13.6 Å². The van der Waals surface area contributed by atoms with Gasteiger partial charge in [0.25, 0.3) is 0 Å². The van der Waals surface area contributed by atoms with Crippen molar-refractivity contribution in [3.63, 3.8) is 0 Å². The first-order chi connectivity index (χ1) is 13.6. The average molecular weight is 383 g/mol. The van der Waals surface area contributed by atoms with Crippen molar-refractivity contribution in [3.8, 4) is 0 Å². The molecule has 0 unspecified atom stereocenters. The van der Waals surface area contributed by atoms with Gasteiger partial charge in [0.2, 0.25) is 5.91 Å². The van der Waals surface area contributed by atoms with Crippen molar-refractivity contribution >= 4 is 11.5 Å². The van der Waals surface area contributed by atoms with Crippen molar-refractivity contribution in [3.05, 3.63) is 77.4 Å². The second-order valence-electron chi connectivity index (χ2n) is 7.21. The highest BCUT2D eigenvalue weighted by atomic mass is 19.1. The first kappa shape index (κ1) is 18.8. The molecule has 1 fully saturated rings. The van der Waals surface area contributed by atoms with Crippen molar-refractivity contribution in [2.45, 2.75) is 6.04 Å². The number of halogens is 2. The van der Waals surface area contributed by atoms with E-state index in [1.54, 1.807) is 0 Å². The smallest absolute Gasteiger partial charge is 0.236 e. The van der Waals surface area contributed by atoms with Crippen molar-refractivity contribution in [2.24, 2.45) is 0 Å². The van der Waals surface area contributed by atoms with E-state index in [0.717, 1.165) is 30.8 Å². The molecule has 6 heteroatoms. The number of carbonyl (C=O) groups excluding carboxylic acids is 1. The minimum atomic E-state index is -0.469. The van der Waals surface area contributed by atoms with Crippen LogP contribution in [-0.4, -0.2) is 55.0 Å². The van der Waals surface area contributed by atoms with E-state index in [1.807, 2.05) is 46.2 Å². The molecule has 0 saturated carbocycles. The molecule has 2 aliphatic heterocycles. The molecule has 2 aromatic rings. The van der Waals surface area contributed by atoms with Crippen LogP contribution in [-0.2, 0) is 4.79 Å². The van der Waals surface area contributed by atoms with Crippen LogP contribution in [0.3, 0.4) is 0 Å². The Labute approximate surface area is 163 Å². The number of rotatable bonds is 4. The number of hydrogen-bond acceptors (Lipinski definition) is 3. The zero-order valence-electron chi connectivity index (χ0n) is 15.6. The molecule has 146 valence electrons. The van der Waals surface area contributed by atoms with Gasteiger partial charge in [-0.25, -0.2) is 8.78 Å². The molecule has 4 rings (SSSR count). The predicted molar refractivity (Wildman–Crippen MR) is 105 cm³/mol. The number of piperazine rings is 1. The number of hydrogen-bond donors (Lipinski definition) is 1. The molecule has 0 aliphatic carbocycles. The summed E-state index contributed by atoms with van der Waals surface area (Å²) in [6.45, 7) is 3.63. The summed E-state index contributed by atoms with van der Waals surface area (Å²) in [5.74, 6) is -0.851. The Morgan fingerprint density at radius 1 is 1.07 bits per heavy atom. The van der Waals surface area contributed by atoms with E-state index < -0.39 is 11.6 Å². The lowest BCUT2D eigenvalue weighted by molar-refractivity contribution is -0.133. The van der Waals surface area contributed by atoms with Crippen LogP contribution in [0.5, 0.6) is 0 Å². The third-order valence-corrected chi connectivity index (χ3v) is 5.35. The standard InChI is InChI=1S/C22H23F2N3O/c23-18-6-7-20(24)19(13-18)17-12-21(16-4-2-1-3-5-16)27(14-17)15-22(28)26-10-8-25-9-11-26/h1-7,12-13,21,25H,8-11,14-15H2/t21-/m0/s1. The van der Waals surface area contributed by atoms with E-state index >= 15 is 0 Å². The normalized spacial score (nSPS) is 20.3. The Morgan fingerprint density at radius 3 is 2.57 bits per heavy atom.